The first-order valence-corrected chi connectivity index (χ1v) is 9.66. The number of hydrogen-bond acceptors (Lipinski definition) is 4. The summed E-state index contributed by atoms with van der Waals surface area (Å²) in [6.07, 6.45) is 7.36. The molecule has 0 unspecified atom stereocenters. The molecule has 2 aromatic rings. The summed E-state index contributed by atoms with van der Waals surface area (Å²) < 4.78 is 0. The molecule has 1 saturated carbocycles. The highest BCUT2D eigenvalue weighted by Gasteiger charge is 2.26. The maximum atomic E-state index is 12.6. The molecule has 132 valence electrons. The smallest absolute Gasteiger partial charge is 0.249 e. The van der Waals surface area contributed by atoms with Crippen LogP contribution in [-0.4, -0.2) is 24.3 Å². The van der Waals surface area contributed by atoms with Crippen LogP contribution in [0.1, 0.15) is 42.5 Å². The maximum absolute atomic E-state index is 12.6. The van der Waals surface area contributed by atoms with Crippen LogP contribution in [0.2, 0.25) is 0 Å². The van der Waals surface area contributed by atoms with Gasteiger partial charge in [0, 0.05) is 17.0 Å². The van der Waals surface area contributed by atoms with Gasteiger partial charge in [0.2, 0.25) is 5.91 Å². The molecule has 25 heavy (non-hydrogen) atoms. The number of nitrogens with zero attached hydrogens (tertiary/aromatic N) is 2. The number of thiophene rings is 1. The van der Waals surface area contributed by atoms with Crippen molar-refractivity contribution in [3.8, 4) is 0 Å². The van der Waals surface area contributed by atoms with Gasteiger partial charge < -0.3 is 0 Å². The van der Waals surface area contributed by atoms with Crippen molar-refractivity contribution in [2.45, 2.75) is 38.6 Å². The number of amides is 1. The minimum atomic E-state index is 0.113. The maximum Gasteiger partial charge on any atom is 0.249 e. The lowest BCUT2D eigenvalue weighted by Gasteiger charge is -2.27. The number of aliphatic imine (C=N–C) groups is 1. The number of hydrogen-bond donors (Lipinski definition) is 0. The lowest BCUT2D eigenvalue weighted by Crippen LogP contribution is -2.35. The topological polar surface area (TPSA) is 41.9 Å². The summed E-state index contributed by atoms with van der Waals surface area (Å²) in [6.45, 7) is 0.473. The average molecular weight is 356 g/mol. The Morgan fingerprint density at radius 3 is 2.64 bits per heavy atom. The van der Waals surface area contributed by atoms with Gasteiger partial charge in [-0.1, -0.05) is 37.5 Å². The Balaban J connectivity index is 1.60. The number of hydroxylamine groups is 2. The molecule has 1 heterocycles. The zero-order valence-corrected chi connectivity index (χ0v) is 15.4. The fourth-order valence-electron chi connectivity index (χ4n) is 3.14. The Hall–Kier alpha value is -1.98. The number of carbonyl (C=O) groups is 1. The van der Waals surface area contributed by atoms with Crippen LogP contribution in [0.15, 0.2) is 46.8 Å². The first-order valence-electron chi connectivity index (χ1n) is 8.78. The molecule has 3 rings (SSSR count). The van der Waals surface area contributed by atoms with E-state index < -0.39 is 0 Å². The van der Waals surface area contributed by atoms with Gasteiger partial charge in [0.25, 0.3) is 0 Å². The first kappa shape index (κ1) is 17.8. The van der Waals surface area contributed by atoms with Crippen molar-refractivity contribution in [2.24, 2.45) is 10.9 Å². The van der Waals surface area contributed by atoms with Gasteiger partial charge in [0.1, 0.15) is 0 Å². The van der Waals surface area contributed by atoms with Crippen LogP contribution in [0, 0.1) is 5.92 Å². The summed E-state index contributed by atoms with van der Waals surface area (Å²) in [5.74, 6) is 0.227. The molecule has 1 aliphatic carbocycles. The third-order valence-electron chi connectivity index (χ3n) is 4.57. The van der Waals surface area contributed by atoms with Gasteiger partial charge in [-0.2, -0.15) is 0 Å². The normalized spacial score (nSPS) is 15.6. The van der Waals surface area contributed by atoms with Crippen LogP contribution in [0.25, 0.3) is 0 Å². The summed E-state index contributed by atoms with van der Waals surface area (Å²) in [5.41, 5.74) is 1.95. The Morgan fingerprint density at radius 2 is 2.00 bits per heavy atom. The molecule has 0 aliphatic heterocycles. The molecule has 4 nitrogen and oxygen atoms in total. The van der Waals surface area contributed by atoms with Crippen LogP contribution < -0.4 is 0 Å². The molecule has 1 aliphatic rings. The summed E-state index contributed by atoms with van der Waals surface area (Å²) in [4.78, 5) is 23.6. The van der Waals surface area contributed by atoms with E-state index in [9.17, 15) is 4.79 Å². The van der Waals surface area contributed by atoms with Crippen molar-refractivity contribution in [3.63, 3.8) is 0 Å². The van der Waals surface area contributed by atoms with Gasteiger partial charge in [-0.05, 0) is 42.0 Å². The van der Waals surface area contributed by atoms with E-state index >= 15 is 0 Å². The zero-order valence-electron chi connectivity index (χ0n) is 14.6. The Bertz CT molecular complexity index is 689. The summed E-state index contributed by atoms with van der Waals surface area (Å²) in [7, 11) is 1.57. The lowest BCUT2D eigenvalue weighted by molar-refractivity contribution is -0.185. The van der Waals surface area contributed by atoms with Crippen LogP contribution in [0.3, 0.4) is 0 Å². The molecule has 1 fully saturated rings. The van der Waals surface area contributed by atoms with E-state index in [0.29, 0.717) is 6.54 Å². The van der Waals surface area contributed by atoms with Gasteiger partial charge in [0.05, 0.1) is 19.3 Å². The summed E-state index contributed by atoms with van der Waals surface area (Å²) >= 11 is 1.66. The predicted octanol–water partition coefficient (Wildman–Crippen LogP) is 4.97. The largest absolute Gasteiger partial charge is 0.274 e. The van der Waals surface area contributed by atoms with E-state index in [1.54, 1.807) is 18.4 Å². The molecule has 1 aromatic heterocycles. The average Bonchev–Trinajstić information content (AvgIpc) is 3.19. The quantitative estimate of drug-likeness (QED) is 0.542. The molecule has 0 saturated heterocycles. The van der Waals surface area contributed by atoms with E-state index in [1.165, 1.54) is 11.5 Å². The van der Waals surface area contributed by atoms with Gasteiger partial charge in [0.15, 0.2) is 0 Å². The molecule has 5 heteroatoms. The second-order valence-electron chi connectivity index (χ2n) is 6.33. The van der Waals surface area contributed by atoms with Crippen LogP contribution >= 0.6 is 11.3 Å². The molecular weight excluding hydrogens is 332 g/mol. The Labute approximate surface area is 153 Å². The Kier molecular flexibility index (Phi) is 6.36. The SMILES string of the molecule is CON(Cc1ccc(N=Cc2cccs2)cc1)C(=O)C1CCCCC1. The molecule has 0 radical (unpaired) electrons. The highest BCUT2D eigenvalue weighted by atomic mass is 32.1. The second-order valence-corrected chi connectivity index (χ2v) is 7.31. The van der Waals surface area contributed by atoms with Gasteiger partial charge in [-0.3, -0.25) is 14.6 Å². The van der Waals surface area contributed by atoms with E-state index in [-0.39, 0.29) is 11.8 Å². The number of rotatable bonds is 6. The molecule has 0 spiro atoms. The first-order chi connectivity index (χ1) is 12.3. The molecule has 1 aromatic carbocycles. The summed E-state index contributed by atoms with van der Waals surface area (Å²) in [6, 6.07) is 12.0. The summed E-state index contributed by atoms with van der Waals surface area (Å²) in [5, 5.41) is 3.53. The fraction of sp³-hybridized carbons (Fsp3) is 0.400. The predicted molar refractivity (Wildman–Crippen MR) is 102 cm³/mol. The van der Waals surface area contributed by atoms with E-state index in [0.717, 1.165) is 41.8 Å². The molecule has 0 atom stereocenters. The van der Waals surface area contributed by atoms with Crippen LogP contribution in [0.4, 0.5) is 5.69 Å². The van der Waals surface area contributed by atoms with E-state index in [1.807, 2.05) is 48.0 Å². The highest BCUT2D eigenvalue weighted by molar-refractivity contribution is 7.11. The van der Waals surface area contributed by atoms with Gasteiger partial charge in [-0.25, -0.2) is 5.06 Å². The van der Waals surface area contributed by atoms with Crippen LogP contribution in [0.5, 0.6) is 0 Å². The van der Waals surface area contributed by atoms with Gasteiger partial charge >= 0.3 is 0 Å². The number of carbonyl (C=O) groups excluding carboxylic acids is 1. The fourth-order valence-corrected chi connectivity index (χ4v) is 3.73. The third-order valence-corrected chi connectivity index (χ3v) is 5.37. The molecule has 0 N–H and O–H groups in total. The van der Waals surface area contributed by atoms with Crippen molar-refractivity contribution in [3.05, 3.63) is 52.2 Å². The monoisotopic (exact) mass is 356 g/mol. The second kappa shape index (κ2) is 8.92. The van der Waals surface area contributed by atoms with E-state index in [4.69, 9.17) is 4.84 Å². The molecular formula is C20H24N2O2S. The van der Waals surface area contributed by atoms with Crippen molar-refractivity contribution in [1.29, 1.82) is 0 Å². The molecule has 0 bridgehead atoms. The third kappa shape index (κ3) is 5.00. The van der Waals surface area contributed by atoms with Crippen molar-refractivity contribution in [1.82, 2.24) is 5.06 Å². The van der Waals surface area contributed by atoms with Crippen molar-refractivity contribution >= 4 is 29.1 Å². The molecule has 1 amide bonds. The van der Waals surface area contributed by atoms with Crippen molar-refractivity contribution in [2.75, 3.05) is 7.11 Å². The minimum absolute atomic E-state index is 0.113. The highest BCUT2D eigenvalue weighted by Crippen LogP contribution is 2.26. The zero-order chi connectivity index (χ0) is 17.5. The minimum Gasteiger partial charge on any atom is -0.274 e. The van der Waals surface area contributed by atoms with E-state index in [2.05, 4.69) is 4.99 Å². The van der Waals surface area contributed by atoms with Crippen LogP contribution in [-0.2, 0) is 16.2 Å². The Morgan fingerprint density at radius 1 is 1.24 bits per heavy atom. The number of benzene rings is 1. The standard InChI is InChI=1S/C20H24N2O2S/c1-24-22(20(23)17-6-3-2-4-7-17)15-16-9-11-18(12-10-16)21-14-19-8-5-13-25-19/h5,8-14,17H,2-4,6-7,15H2,1H3. The lowest BCUT2D eigenvalue weighted by atomic mass is 9.88. The van der Waals surface area contributed by atoms with Crippen molar-refractivity contribution < 1.29 is 9.63 Å². The van der Waals surface area contributed by atoms with Gasteiger partial charge in [-0.15, -0.1) is 11.3 Å².